The third-order valence-corrected chi connectivity index (χ3v) is 9.71. The van der Waals surface area contributed by atoms with Crippen LogP contribution in [0.3, 0.4) is 0 Å². The molecule has 0 radical (unpaired) electrons. The van der Waals surface area contributed by atoms with Crippen LogP contribution in [0.25, 0.3) is 60.6 Å². The van der Waals surface area contributed by atoms with Crippen LogP contribution in [0, 0.1) is 22.7 Å². The fraction of sp³-hybridized carbons (Fsp3) is 0.0455. The highest BCUT2D eigenvalue weighted by Crippen LogP contribution is 2.40. The van der Waals surface area contributed by atoms with E-state index < -0.39 is 0 Å². The van der Waals surface area contributed by atoms with Crippen LogP contribution in [0.1, 0.15) is 34.6 Å². The highest BCUT2D eigenvalue weighted by atomic mass is 15.0. The van der Waals surface area contributed by atoms with Gasteiger partial charge in [-0.1, -0.05) is 91.0 Å². The van der Waals surface area contributed by atoms with Gasteiger partial charge in [0, 0.05) is 33.2 Å². The van der Waals surface area contributed by atoms with E-state index in [0.717, 1.165) is 50.7 Å². The maximum absolute atomic E-state index is 9.93. The van der Waals surface area contributed by atoms with Crippen molar-refractivity contribution in [3.63, 3.8) is 0 Å². The first-order valence-corrected chi connectivity index (χ1v) is 16.2. The van der Waals surface area contributed by atoms with Crippen LogP contribution in [0.4, 0.5) is 0 Å². The Bertz CT molecular complexity index is 2670. The monoisotopic (exact) mass is 612 g/mol. The maximum Gasteiger partial charge on any atom is 0.0992 e. The number of allylic oxidation sites excluding steroid dienone is 4. The van der Waals surface area contributed by atoms with Gasteiger partial charge in [0.05, 0.1) is 51.0 Å². The number of hydrogen-bond acceptors (Lipinski definition) is 2. The quantitative estimate of drug-likeness (QED) is 0.199. The zero-order valence-corrected chi connectivity index (χ0v) is 26.0. The van der Waals surface area contributed by atoms with E-state index in [1.54, 1.807) is 0 Å². The van der Waals surface area contributed by atoms with Crippen molar-refractivity contribution < 1.29 is 0 Å². The van der Waals surface area contributed by atoms with Gasteiger partial charge in [0.15, 0.2) is 0 Å². The number of fused-ring (bicyclic) bond motifs is 6. The highest BCUT2D eigenvalue weighted by Gasteiger charge is 2.21. The molecule has 2 aromatic heterocycles. The lowest BCUT2D eigenvalue weighted by atomic mass is 9.86. The van der Waals surface area contributed by atoms with Crippen molar-refractivity contribution in [3.8, 4) is 23.5 Å². The molecule has 224 valence electrons. The Balaban J connectivity index is 1.15. The lowest BCUT2D eigenvalue weighted by Crippen LogP contribution is -2.06. The van der Waals surface area contributed by atoms with Gasteiger partial charge >= 0.3 is 0 Å². The fourth-order valence-corrected chi connectivity index (χ4v) is 7.52. The van der Waals surface area contributed by atoms with E-state index in [4.69, 9.17) is 0 Å². The second-order valence-electron chi connectivity index (χ2n) is 12.4. The van der Waals surface area contributed by atoms with E-state index in [2.05, 4.69) is 130 Å². The second kappa shape index (κ2) is 11.0. The molecule has 1 aliphatic carbocycles. The second-order valence-corrected chi connectivity index (χ2v) is 12.4. The molecule has 48 heavy (non-hydrogen) atoms. The van der Waals surface area contributed by atoms with E-state index >= 15 is 0 Å². The number of nitrogens with zero attached hydrogens (tertiary/aromatic N) is 4. The fourth-order valence-electron chi connectivity index (χ4n) is 7.52. The van der Waals surface area contributed by atoms with Crippen molar-refractivity contribution in [1.29, 1.82) is 10.5 Å². The first kappa shape index (κ1) is 27.7. The molecular weight excluding hydrogens is 585 g/mol. The highest BCUT2D eigenvalue weighted by molar-refractivity contribution is 6.10. The molecule has 2 heterocycles. The van der Waals surface area contributed by atoms with Gasteiger partial charge in [-0.2, -0.15) is 10.5 Å². The van der Waals surface area contributed by atoms with E-state index in [1.165, 1.54) is 27.4 Å². The summed E-state index contributed by atoms with van der Waals surface area (Å²) in [5.41, 5.74) is 11.3. The predicted octanol–water partition coefficient (Wildman–Crippen LogP) is 10.8. The number of nitriles is 2. The standard InChI is InChI=1S/C44H28N4/c45-27-29-17-23-43-39(24-29)38-12-3-6-15-42(38)48(43)44-25-30(28-46)16-22-35(44)33-9-7-8-32(26-33)31-18-20-34(21-19-31)47-40-13-4-1-10-36(40)37-11-2-5-14-41(37)47/h1-8,10-26,33H,9H2. The number of para-hydroxylation sites is 3. The van der Waals surface area contributed by atoms with E-state index in [9.17, 15) is 10.5 Å². The van der Waals surface area contributed by atoms with E-state index in [1.807, 2.05) is 42.5 Å². The van der Waals surface area contributed by atoms with Crippen LogP contribution >= 0.6 is 0 Å². The Morgan fingerprint density at radius 1 is 0.542 bits per heavy atom. The van der Waals surface area contributed by atoms with Gasteiger partial charge in [0.2, 0.25) is 0 Å². The summed E-state index contributed by atoms with van der Waals surface area (Å²) in [7, 11) is 0. The lowest BCUT2D eigenvalue weighted by Gasteiger charge is -2.22. The molecule has 6 aromatic carbocycles. The van der Waals surface area contributed by atoms with Gasteiger partial charge in [-0.15, -0.1) is 0 Å². The predicted molar refractivity (Wildman–Crippen MR) is 195 cm³/mol. The van der Waals surface area contributed by atoms with Gasteiger partial charge in [-0.3, -0.25) is 0 Å². The largest absolute Gasteiger partial charge is 0.309 e. The molecular formula is C44H28N4. The zero-order chi connectivity index (χ0) is 32.2. The Morgan fingerprint density at radius 3 is 1.77 bits per heavy atom. The summed E-state index contributed by atoms with van der Waals surface area (Å²) >= 11 is 0. The van der Waals surface area contributed by atoms with Gasteiger partial charge in [-0.05, 0) is 83.8 Å². The molecule has 4 nitrogen and oxygen atoms in total. The molecule has 0 aliphatic heterocycles. The average molecular weight is 613 g/mol. The van der Waals surface area contributed by atoms with Crippen molar-refractivity contribution in [3.05, 3.63) is 174 Å². The minimum absolute atomic E-state index is 0.111. The van der Waals surface area contributed by atoms with Gasteiger partial charge in [-0.25, -0.2) is 0 Å². The Hall–Kier alpha value is -6.62. The Kier molecular flexibility index (Phi) is 6.35. The number of benzene rings is 6. The minimum atomic E-state index is 0.111. The first-order valence-electron chi connectivity index (χ1n) is 16.2. The van der Waals surface area contributed by atoms with E-state index in [-0.39, 0.29) is 5.92 Å². The first-order chi connectivity index (χ1) is 23.7. The van der Waals surface area contributed by atoms with Crippen LogP contribution in [0.5, 0.6) is 0 Å². The third-order valence-electron chi connectivity index (χ3n) is 9.71. The topological polar surface area (TPSA) is 57.4 Å². The van der Waals surface area contributed by atoms with E-state index in [0.29, 0.717) is 11.1 Å². The molecule has 0 spiro atoms. The van der Waals surface area contributed by atoms with Crippen LogP contribution in [-0.2, 0) is 0 Å². The molecule has 1 unspecified atom stereocenters. The molecule has 4 heteroatoms. The Labute approximate surface area is 277 Å². The number of rotatable bonds is 4. The molecule has 0 amide bonds. The van der Waals surface area contributed by atoms with Crippen molar-refractivity contribution in [1.82, 2.24) is 9.13 Å². The lowest BCUT2D eigenvalue weighted by molar-refractivity contribution is 0.846. The maximum atomic E-state index is 9.93. The van der Waals surface area contributed by atoms with Crippen LogP contribution < -0.4 is 0 Å². The van der Waals surface area contributed by atoms with Gasteiger partial charge < -0.3 is 9.13 Å². The molecule has 0 fully saturated rings. The van der Waals surface area contributed by atoms with Crippen molar-refractivity contribution >= 4 is 49.2 Å². The zero-order valence-electron chi connectivity index (χ0n) is 26.0. The Morgan fingerprint density at radius 2 is 1.10 bits per heavy atom. The third kappa shape index (κ3) is 4.28. The molecule has 0 bridgehead atoms. The van der Waals surface area contributed by atoms with Gasteiger partial charge in [0.1, 0.15) is 0 Å². The number of aromatic nitrogens is 2. The molecule has 9 rings (SSSR count). The number of hydrogen-bond donors (Lipinski definition) is 0. The minimum Gasteiger partial charge on any atom is -0.309 e. The van der Waals surface area contributed by atoms with Crippen molar-refractivity contribution in [2.24, 2.45) is 0 Å². The smallest absolute Gasteiger partial charge is 0.0992 e. The van der Waals surface area contributed by atoms with Crippen molar-refractivity contribution in [2.75, 3.05) is 0 Å². The van der Waals surface area contributed by atoms with Crippen LogP contribution in [-0.4, -0.2) is 9.13 Å². The molecule has 8 aromatic rings. The summed E-state index contributed by atoms with van der Waals surface area (Å²) in [6.07, 6.45) is 7.70. The van der Waals surface area contributed by atoms with Crippen LogP contribution in [0.2, 0.25) is 0 Å². The normalized spacial score (nSPS) is 14.4. The summed E-state index contributed by atoms with van der Waals surface area (Å²) in [6, 6.07) is 50.9. The summed E-state index contributed by atoms with van der Waals surface area (Å²) in [4.78, 5) is 0. The van der Waals surface area contributed by atoms with Crippen LogP contribution in [0.15, 0.2) is 152 Å². The molecule has 1 aliphatic rings. The molecule has 0 N–H and O–H groups in total. The van der Waals surface area contributed by atoms with Crippen molar-refractivity contribution in [2.45, 2.75) is 12.3 Å². The summed E-state index contributed by atoms with van der Waals surface area (Å²) in [6.45, 7) is 0. The van der Waals surface area contributed by atoms with Gasteiger partial charge in [0.25, 0.3) is 0 Å². The SMILES string of the molecule is N#Cc1ccc(C2C=C(c3ccc(-n4c5ccccc5c5ccccc54)cc3)C=CC2)c(-n2c3ccccc3c3cc(C#N)ccc32)c1. The summed E-state index contributed by atoms with van der Waals surface area (Å²) < 4.78 is 4.60. The summed E-state index contributed by atoms with van der Waals surface area (Å²) in [5.74, 6) is 0.111. The molecule has 1 atom stereocenters. The molecule has 0 saturated carbocycles. The molecule has 0 saturated heterocycles. The average Bonchev–Trinajstić information content (AvgIpc) is 3.67. The summed E-state index contributed by atoms with van der Waals surface area (Å²) in [5, 5.41) is 24.2.